The predicted octanol–water partition coefficient (Wildman–Crippen LogP) is 2.21. The third kappa shape index (κ3) is 3.26. The van der Waals surface area contributed by atoms with Gasteiger partial charge < -0.3 is 14.8 Å². The highest BCUT2D eigenvalue weighted by atomic mass is 35.5. The van der Waals surface area contributed by atoms with Crippen LogP contribution in [0, 0.1) is 11.3 Å². The van der Waals surface area contributed by atoms with Gasteiger partial charge in [0.25, 0.3) is 0 Å². The number of hydrogen-bond donors (Lipinski definition) is 1. The molecule has 0 aliphatic rings. The van der Waals surface area contributed by atoms with E-state index in [0.717, 1.165) is 0 Å². The molecule has 5 nitrogen and oxygen atoms in total. The van der Waals surface area contributed by atoms with Crippen molar-refractivity contribution in [1.82, 2.24) is 0 Å². The van der Waals surface area contributed by atoms with Crippen molar-refractivity contribution in [1.29, 1.82) is 5.26 Å². The number of nitrogens with zero attached hydrogens (tertiary/aromatic N) is 1. The Kier molecular flexibility index (Phi) is 4.61. The number of ether oxygens (including phenoxy) is 2. The van der Waals surface area contributed by atoms with E-state index >= 15 is 0 Å². The summed E-state index contributed by atoms with van der Waals surface area (Å²) in [6.45, 7) is 0. The molecule has 0 radical (unpaired) electrons. The van der Waals surface area contributed by atoms with Crippen LogP contribution in [-0.4, -0.2) is 20.1 Å². The number of anilines is 1. The minimum absolute atomic E-state index is 0.228. The Morgan fingerprint density at radius 1 is 1.41 bits per heavy atom. The van der Waals surface area contributed by atoms with Gasteiger partial charge >= 0.3 is 0 Å². The summed E-state index contributed by atoms with van der Waals surface area (Å²) < 4.78 is 10.1. The Bertz CT molecular complexity index is 469. The smallest absolute Gasteiger partial charge is 0.238 e. The number of benzene rings is 1. The molecule has 0 spiro atoms. The molecule has 0 aromatic heterocycles. The second-order valence-electron chi connectivity index (χ2n) is 3.07. The molecule has 17 heavy (non-hydrogen) atoms. The normalized spacial score (nSPS) is 9.29. The van der Waals surface area contributed by atoms with Gasteiger partial charge in [0, 0.05) is 12.1 Å². The first kappa shape index (κ1) is 13.1. The summed E-state index contributed by atoms with van der Waals surface area (Å²) >= 11 is 5.91. The van der Waals surface area contributed by atoms with Gasteiger partial charge in [-0.1, -0.05) is 11.6 Å². The SMILES string of the molecule is COc1cc(NC(=O)CC#N)c(OC)cc1Cl. The van der Waals surface area contributed by atoms with Gasteiger partial charge in [-0.05, 0) is 0 Å². The van der Waals surface area contributed by atoms with E-state index in [0.29, 0.717) is 22.2 Å². The molecule has 1 amide bonds. The van der Waals surface area contributed by atoms with Crippen molar-refractivity contribution in [2.24, 2.45) is 0 Å². The lowest BCUT2D eigenvalue weighted by molar-refractivity contribution is -0.115. The maximum Gasteiger partial charge on any atom is 0.238 e. The first-order valence-electron chi connectivity index (χ1n) is 4.70. The lowest BCUT2D eigenvalue weighted by atomic mass is 10.2. The van der Waals surface area contributed by atoms with Gasteiger partial charge in [0.15, 0.2) is 0 Å². The lowest BCUT2D eigenvalue weighted by Crippen LogP contribution is -2.11. The predicted molar refractivity (Wildman–Crippen MR) is 63.4 cm³/mol. The second kappa shape index (κ2) is 5.97. The molecular formula is C11H11ClN2O3. The Balaban J connectivity index is 3.04. The highest BCUT2D eigenvalue weighted by molar-refractivity contribution is 6.32. The summed E-state index contributed by atoms with van der Waals surface area (Å²) in [6, 6.07) is 4.82. The number of carbonyl (C=O) groups excluding carboxylic acids is 1. The van der Waals surface area contributed by atoms with E-state index in [-0.39, 0.29) is 6.42 Å². The quantitative estimate of drug-likeness (QED) is 0.894. The Hall–Kier alpha value is -1.93. The molecule has 0 heterocycles. The number of nitrogens with one attached hydrogen (secondary N) is 1. The maximum absolute atomic E-state index is 11.3. The van der Waals surface area contributed by atoms with E-state index in [2.05, 4.69) is 5.32 Å². The van der Waals surface area contributed by atoms with Crippen molar-refractivity contribution in [3.05, 3.63) is 17.2 Å². The first-order valence-corrected chi connectivity index (χ1v) is 5.08. The molecule has 1 aromatic carbocycles. The first-order chi connectivity index (χ1) is 8.12. The summed E-state index contributed by atoms with van der Waals surface area (Å²) in [5.41, 5.74) is 0.411. The molecule has 0 bridgehead atoms. The van der Waals surface area contributed by atoms with Crippen LogP contribution in [0.25, 0.3) is 0 Å². The zero-order valence-corrected chi connectivity index (χ0v) is 10.2. The van der Waals surface area contributed by atoms with Gasteiger partial charge in [-0.25, -0.2) is 0 Å². The van der Waals surface area contributed by atoms with E-state index in [1.165, 1.54) is 26.4 Å². The number of hydrogen-bond acceptors (Lipinski definition) is 4. The van der Waals surface area contributed by atoms with E-state index in [1.54, 1.807) is 6.07 Å². The van der Waals surface area contributed by atoms with Crippen LogP contribution in [0.3, 0.4) is 0 Å². The molecule has 1 rings (SSSR count). The fourth-order valence-corrected chi connectivity index (χ4v) is 1.46. The summed E-state index contributed by atoms with van der Waals surface area (Å²) in [5, 5.41) is 11.3. The molecule has 1 aromatic rings. The van der Waals surface area contributed by atoms with Crippen LogP contribution in [0.5, 0.6) is 11.5 Å². The third-order valence-corrected chi connectivity index (χ3v) is 2.28. The minimum Gasteiger partial charge on any atom is -0.495 e. The van der Waals surface area contributed by atoms with Crippen LogP contribution in [-0.2, 0) is 4.79 Å². The Labute approximate surface area is 104 Å². The maximum atomic E-state index is 11.3. The number of amides is 1. The number of halogens is 1. The van der Waals surface area contributed by atoms with Crippen LogP contribution < -0.4 is 14.8 Å². The van der Waals surface area contributed by atoms with E-state index in [1.807, 2.05) is 0 Å². The zero-order valence-electron chi connectivity index (χ0n) is 9.41. The summed E-state index contributed by atoms with van der Waals surface area (Å²) in [6.07, 6.45) is -0.228. The Morgan fingerprint density at radius 3 is 2.59 bits per heavy atom. The monoisotopic (exact) mass is 254 g/mol. The van der Waals surface area contributed by atoms with E-state index in [9.17, 15) is 4.79 Å². The second-order valence-corrected chi connectivity index (χ2v) is 3.48. The van der Waals surface area contributed by atoms with Crippen molar-refractivity contribution in [3.63, 3.8) is 0 Å². The minimum atomic E-state index is -0.421. The molecule has 0 aliphatic carbocycles. The van der Waals surface area contributed by atoms with E-state index in [4.69, 9.17) is 26.3 Å². The summed E-state index contributed by atoms with van der Waals surface area (Å²) in [7, 11) is 2.92. The molecule has 1 N–H and O–H groups in total. The van der Waals surface area contributed by atoms with Crippen molar-refractivity contribution in [2.45, 2.75) is 6.42 Å². The molecular weight excluding hydrogens is 244 g/mol. The van der Waals surface area contributed by atoms with E-state index < -0.39 is 5.91 Å². The molecule has 0 atom stereocenters. The fourth-order valence-electron chi connectivity index (χ4n) is 1.22. The van der Waals surface area contributed by atoms with Gasteiger partial charge in [-0.15, -0.1) is 0 Å². The average molecular weight is 255 g/mol. The van der Waals surface area contributed by atoms with Gasteiger partial charge in [0.2, 0.25) is 5.91 Å². The standard InChI is InChI=1S/C11H11ClN2O3/c1-16-9-6-8(14-11(15)3-4-13)10(17-2)5-7(9)12/h5-6H,3H2,1-2H3,(H,14,15). The number of rotatable bonds is 4. The van der Waals surface area contributed by atoms with Gasteiger partial charge in [-0.2, -0.15) is 5.26 Å². The fraction of sp³-hybridized carbons (Fsp3) is 0.273. The molecule has 0 saturated heterocycles. The van der Waals surface area contributed by atoms with Crippen molar-refractivity contribution in [2.75, 3.05) is 19.5 Å². The number of methoxy groups -OCH3 is 2. The summed E-state index contributed by atoms with van der Waals surface area (Å²) in [4.78, 5) is 11.3. The molecule has 0 saturated carbocycles. The number of nitriles is 1. The van der Waals surface area contributed by atoms with Crippen LogP contribution >= 0.6 is 11.6 Å². The van der Waals surface area contributed by atoms with Crippen molar-refractivity contribution in [3.8, 4) is 17.6 Å². The third-order valence-electron chi connectivity index (χ3n) is 1.99. The molecule has 0 unspecified atom stereocenters. The van der Waals surface area contributed by atoms with Crippen molar-refractivity contribution < 1.29 is 14.3 Å². The van der Waals surface area contributed by atoms with Gasteiger partial charge in [0.1, 0.15) is 17.9 Å². The van der Waals surface area contributed by atoms with Gasteiger partial charge in [-0.3, -0.25) is 4.79 Å². The van der Waals surface area contributed by atoms with Crippen LogP contribution in [0.2, 0.25) is 5.02 Å². The van der Waals surface area contributed by atoms with Gasteiger partial charge in [0.05, 0.1) is 31.0 Å². The summed E-state index contributed by atoms with van der Waals surface area (Å²) in [5.74, 6) is 0.400. The lowest BCUT2D eigenvalue weighted by Gasteiger charge is -2.12. The number of carbonyl (C=O) groups is 1. The highest BCUT2D eigenvalue weighted by Crippen LogP contribution is 2.35. The van der Waals surface area contributed by atoms with Crippen LogP contribution in [0.1, 0.15) is 6.42 Å². The van der Waals surface area contributed by atoms with Crippen LogP contribution in [0.4, 0.5) is 5.69 Å². The molecule has 0 aliphatic heterocycles. The van der Waals surface area contributed by atoms with Crippen LogP contribution in [0.15, 0.2) is 12.1 Å². The molecule has 6 heteroatoms. The average Bonchev–Trinajstić information content (AvgIpc) is 2.31. The zero-order chi connectivity index (χ0) is 12.8. The molecule has 90 valence electrons. The Morgan fingerprint density at radius 2 is 2.06 bits per heavy atom. The molecule has 0 fully saturated rings. The topological polar surface area (TPSA) is 71.3 Å². The largest absolute Gasteiger partial charge is 0.495 e. The van der Waals surface area contributed by atoms with Crippen molar-refractivity contribution >= 4 is 23.2 Å². The highest BCUT2D eigenvalue weighted by Gasteiger charge is 2.12.